The van der Waals surface area contributed by atoms with Crippen molar-refractivity contribution in [1.82, 2.24) is 0 Å². The molecule has 1 aromatic carbocycles. The molecule has 0 aliphatic heterocycles. The van der Waals surface area contributed by atoms with Crippen LogP contribution in [-0.4, -0.2) is 23.7 Å². The molecule has 0 radical (unpaired) electrons. The molecule has 0 heterocycles. The molecule has 0 aromatic heterocycles. The number of aryl methyl sites for hydroxylation is 1. The van der Waals surface area contributed by atoms with Gasteiger partial charge in [-0.2, -0.15) is 0 Å². The number of carbonyl (C=O) groups excluding carboxylic acids is 2. The minimum atomic E-state index is -0.354. The molecule has 0 unspecified atom stereocenters. The highest BCUT2D eigenvalue weighted by atomic mass is 35.5. The van der Waals surface area contributed by atoms with Crippen LogP contribution < -0.4 is 9.47 Å². The monoisotopic (exact) mass is 418 g/mol. The fourth-order valence-corrected chi connectivity index (χ4v) is 6.50. The topological polar surface area (TPSA) is 52.6 Å². The lowest BCUT2D eigenvalue weighted by atomic mass is 9.55. The molecule has 0 amide bonds. The number of rotatable bonds is 5. The zero-order valence-corrected chi connectivity index (χ0v) is 18.4. The van der Waals surface area contributed by atoms with Gasteiger partial charge in [0.05, 0.1) is 12.0 Å². The average molecular weight is 419 g/mol. The van der Waals surface area contributed by atoms with E-state index < -0.39 is 0 Å². The molecule has 2 fully saturated rings. The minimum Gasteiger partial charge on any atom is -0.493 e. The molecule has 5 atom stereocenters. The number of fused-ring (bicyclic) bond motifs is 5. The Balaban J connectivity index is 1.69. The van der Waals surface area contributed by atoms with Gasteiger partial charge in [-0.1, -0.05) is 20.3 Å². The molecule has 5 heteroatoms. The van der Waals surface area contributed by atoms with Crippen molar-refractivity contribution in [2.75, 3.05) is 6.61 Å². The van der Waals surface area contributed by atoms with E-state index in [0.717, 1.165) is 56.3 Å². The lowest BCUT2D eigenvalue weighted by Crippen LogP contribution is -2.42. The largest absolute Gasteiger partial charge is 0.493 e. The predicted molar refractivity (Wildman–Crippen MR) is 113 cm³/mol. The van der Waals surface area contributed by atoms with Crippen molar-refractivity contribution in [3.8, 4) is 11.5 Å². The van der Waals surface area contributed by atoms with E-state index in [-0.39, 0.29) is 22.5 Å². The van der Waals surface area contributed by atoms with Crippen LogP contribution in [0.15, 0.2) is 12.1 Å². The number of alkyl halides is 1. The van der Waals surface area contributed by atoms with Gasteiger partial charge in [-0.05, 0) is 67.9 Å². The van der Waals surface area contributed by atoms with Crippen LogP contribution >= 0.6 is 11.6 Å². The first kappa shape index (κ1) is 20.7. The van der Waals surface area contributed by atoms with E-state index in [1.807, 2.05) is 6.07 Å². The van der Waals surface area contributed by atoms with Crippen molar-refractivity contribution < 1.29 is 19.1 Å². The van der Waals surface area contributed by atoms with Crippen LogP contribution in [0.5, 0.6) is 11.5 Å². The van der Waals surface area contributed by atoms with Gasteiger partial charge in [0.1, 0.15) is 11.5 Å². The summed E-state index contributed by atoms with van der Waals surface area (Å²) in [4.78, 5) is 24.6. The highest BCUT2D eigenvalue weighted by molar-refractivity contribution is 6.32. The Kier molecular flexibility index (Phi) is 5.67. The van der Waals surface area contributed by atoms with E-state index in [9.17, 15) is 9.59 Å². The van der Waals surface area contributed by atoms with E-state index in [2.05, 4.69) is 19.9 Å². The summed E-state index contributed by atoms with van der Waals surface area (Å²) in [5.74, 6) is 2.39. The molecule has 4 nitrogen and oxygen atoms in total. The number of ketones is 1. The maximum Gasteiger partial charge on any atom is 0.308 e. The fourth-order valence-electron chi connectivity index (χ4n) is 6.06. The average Bonchev–Trinajstić information content (AvgIpc) is 2.91. The van der Waals surface area contributed by atoms with E-state index >= 15 is 0 Å². The maximum absolute atomic E-state index is 12.7. The maximum atomic E-state index is 12.7. The number of unbranched alkanes of at least 4 members (excludes halogenated alkanes) is 1. The minimum absolute atomic E-state index is 0.230. The van der Waals surface area contributed by atoms with Gasteiger partial charge in [0, 0.05) is 24.0 Å². The van der Waals surface area contributed by atoms with Crippen LogP contribution in [0.1, 0.15) is 76.3 Å². The zero-order valence-electron chi connectivity index (χ0n) is 17.6. The van der Waals surface area contributed by atoms with E-state index in [1.165, 1.54) is 12.5 Å². The highest BCUT2D eigenvalue weighted by Gasteiger charge is 2.58. The van der Waals surface area contributed by atoms with Gasteiger partial charge >= 0.3 is 5.97 Å². The molecule has 0 bridgehead atoms. The molecular weight excluding hydrogens is 388 g/mol. The lowest BCUT2D eigenvalue weighted by molar-refractivity contribution is -0.132. The summed E-state index contributed by atoms with van der Waals surface area (Å²) < 4.78 is 11.6. The van der Waals surface area contributed by atoms with Crippen molar-refractivity contribution in [3.63, 3.8) is 0 Å². The second kappa shape index (κ2) is 7.94. The molecule has 0 saturated heterocycles. The number of hydrogen-bond donors (Lipinski definition) is 0. The van der Waals surface area contributed by atoms with Crippen LogP contribution in [0.25, 0.3) is 0 Å². The third-order valence-electron chi connectivity index (χ3n) is 7.47. The van der Waals surface area contributed by atoms with Crippen LogP contribution in [-0.2, 0) is 16.0 Å². The smallest absolute Gasteiger partial charge is 0.308 e. The van der Waals surface area contributed by atoms with Crippen molar-refractivity contribution in [1.29, 1.82) is 0 Å². The number of Topliss-reactive ketones (excluding diaryl/α,β-unsaturated/α-hetero) is 1. The van der Waals surface area contributed by atoms with Gasteiger partial charge in [-0.25, -0.2) is 0 Å². The second-order valence-corrected chi connectivity index (χ2v) is 9.76. The van der Waals surface area contributed by atoms with Gasteiger partial charge in [0.25, 0.3) is 0 Å². The third-order valence-corrected chi connectivity index (χ3v) is 7.85. The highest BCUT2D eigenvalue weighted by Crippen LogP contribution is 2.61. The molecule has 3 aliphatic carbocycles. The van der Waals surface area contributed by atoms with Gasteiger partial charge in [-0.15, -0.1) is 11.6 Å². The van der Waals surface area contributed by atoms with Crippen molar-refractivity contribution >= 4 is 23.4 Å². The molecule has 1 aromatic rings. The van der Waals surface area contributed by atoms with Gasteiger partial charge < -0.3 is 9.47 Å². The van der Waals surface area contributed by atoms with Crippen molar-refractivity contribution in [3.05, 3.63) is 23.3 Å². The molecule has 29 heavy (non-hydrogen) atoms. The van der Waals surface area contributed by atoms with Crippen LogP contribution in [0.2, 0.25) is 0 Å². The molecule has 0 N–H and O–H groups in total. The van der Waals surface area contributed by atoms with Crippen LogP contribution in [0.3, 0.4) is 0 Å². The van der Waals surface area contributed by atoms with Crippen molar-refractivity contribution in [2.24, 2.45) is 17.3 Å². The van der Waals surface area contributed by atoms with Gasteiger partial charge in [0.15, 0.2) is 5.78 Å². The SMILES string of the molecule is CCCCOc1cc2c(c(OC(C)=O)c1)[C@H]1CC[C@]3(C)C(=O)[C@H](Cl)C[C@H]3[C@@H]1CC2. The van der Waals surface area contributed by atoms with Gasteiger partial charge in [0.2, 0.25) is 0 Å². The molecule has 2 saturated carbocycles. The molecule has 4 rings (SSSR count). The lowest BCUT2D eigenvalue weighted by Gasteiger charge is -2.48. The first-order chi connectivity index (χ1) is 13.8. The Bertz CT molecular complexity index is 819. The fraction of sp³-hybridized carbons (Fsp3) is 0.667. The summed E-state index contributed by atoms with van der Waals surface area (Å²) in [6, 6.07) is 4.02. The van der Waals surface area contributed by atoms with Gasteiger partial charge in [-0.3, -0.25) is 9.59 Å². The van der Waals surface area contributed by atoms with E-state index in [0.29, 0.717) is 30.1 Å². The predicted octanol–water partition coefficient (Wildman–Crippen LogP) is 5.43. The summed E-state index contributed by atoms with van der Waals surface area (Å²) >= 11 is 6.40. The number of ether oxygens (including phenoxy) is 2. The van der Waals surface area contributed by atoms with Crippen LogP contribution in [0.4, 0.5) is 0 Å². The summed E-state index contributed by atoms with van der Waals surface area (Å²) in [7, 11) is 0. The van der Waals surface area contributed by atoms with E-state index in [1.54, 1.807) is 0 Å². The third kappa shape index (κ3) is 3.58. The standard InChI is InChI=1S/C24H31ClO4/c1-4-5-10-28-16-11-15-6-7-17-18(22(15)21(12-16)29-14(2)26)8-9-24(3)19(17)13-20(25)23(24)27/h11-12,17-20H,4-10,13H2,1-3H3/t17-,18+,19+,20-,24+/m1/s1. The second-order valence-electron chi connectivity index (χ2n) is 9.23. The summed E-state index contributed by atoms with van der Waals surface area (Å²) in [5.41, 5.74) is 2.09. The van der Waals surface area contributed by atoms with E-state index in [4.69, 9.17) is 21.1 Å². The summed E-state index contributed by atoms with van der Waals surface area (Å²) in [6.45, 7) is 6.37. The molecule has 158 valence electrons. The Hall–Kier alpha value is -1.55. The van der Waals surface area contributed by atoms with Crippen LogP contribution in [0, 0.1) is 17.3 Å². The molecular formula is C24H31ClO4. The molecule has 0 spiro atoms. The number of carbonyl (C=O) groups is 2. The Morgan fingerprint density at radius 3 is 2.83 bits per heavy atom. The summed E-state index contributed by atoms with van der Waals surface area (Å²) in [5, 5.41) is -0.354. The Labute approximate surface area is 178 Å². The Morgan fingerprint density at radius 1 is 1.31 bits per heavy atom. The molecule has 3 aliphatic rings. The summed E-state index contributed by atoms with van der Waals surface area (Å²) in [6.07, 6.45) is 6.61. The Morgan fingerprint density at radius 2 is 2.10 bits per heavy atom. The first-order valence-corrected chi connectivity index (χ1v) is 11.4. The number of benzene rings is 1. The van der Waals surface area contributed by atoms with Crippen molar-refractivity contribution in [2.45, 2.75) is 77.0 Å². The number of esters is 1. The zero-order chi connectivity index (χ0) is 20.8. The quantitative estimate of drug-likeness (QED) is 0.277. The first-order valence-electron chi connectivity index (χ1n) is 11.0. The number of halogens is 1. The normalized spacial score (nSPS) is 32.9. The number of hydrogen-bond acceptors (Lipinski definition) is 4.